The van der Waals surface area contributed by atoms with Gasteiger partial charge < -0.3 is 25.7 Å². The maximum absolute atomic E-state index is 13.8. The van der Waals surface area contributed by atoms with E-state index in [0.29, 0.717) is 23.9 Å². The van der Waals surface area contributed by atoms with Gasteiger partial charge in [0, 0.05) is 31.2 Å². The van der Waals surface area contributed by atoms with Crippen LogP contribution in [0.25, 0.3) is 11.0 Å². The number of carbonyl (C=O) groups is 1. The molecule has 38 heavy (non-hydrogen) atoms. The summed E-state index contributed by atoms with van der Waals surface area (Å²) in [6, 6.07) is 15.9. The number of amides is 1. The van der Waals surface area contributed by atoms with Gasteiger partial charge in [0.1, 0.15) is 34.2 Å². The lowest BCUT2D eigenvalue weighted by atomic mass is 10.1. The predicted molar refractivity (Wildman–Crippen MR) is 145 cm³/mol. The summed E-state index contributed by atoms with van der Waals surface area (Å²) in [6.07, 6.45) is 1.73. The van der Waals surface area contributed by atoms with Crippen molar-refractivity contribution >= 4 is 34.4 Å². The molecule has 4 aromatic rings. The molecule has 1 atom stereocenters. The highest BCUT2D eigenvalue weighted by Crippen LogP contribution is 2.35. The summed E-state index contributed by atoms with van der Waals surface area (Å²) in [4.78, 5) is 32.4. The third kappa shape index (κ3) is 4.47. The number of nitrogens with zero attached hydrogens (tertiary/aromatic N) is 5. The summed E-state index contributed by atoms with van der Waals surface area (Å²) < 4.78 is 8.96. The van der Waals surface area contributed by atoms with Gasteiger partial charge in [-0.1, -0.05) is 41.9 Å². The highest BCUT2D eigenvalue weighted by molar-refractivity contribution is 6.31. The number of primary amides is 1. The lowest BCUT2D eigenvalue weighted by molar-refractivity contribution is 0.0998. The highest BCUT2D eigenvalue weighted by atomic mass is 35.5. The van der Waals surface area contributed by atoms with E-state index in [1.807, 2.05) is 23.1 Å². The molecule has 1 aliphatic heterocycles. The molecule has 2 aromatic carbocycles. The number of aromatic nitrogens is 3. The Bertz CT molecular complexity index is 1650. The molecule has 0 spiro atoms. The number of hydrogen-bond acceptors (Lipinski definition) is 7. The zero-order chi connectivity index (χ0) is 27.0. The molecule has 1 unspecified atom stereocenters. The molecule has 5 rings (SSSR count). The SMILES string of the molecule is Cn1c(Oc2ccccc2C(N)=O)nc2c(C#N)c(N3CCCC(N)C3)n(Cc3ccccc3Cl)c2c1=O. The number of piperidine rings is 1. The number of nitrogens with two attached hydrogens (primary N) is 2. The summed E-state index contributed by atoms with van der Waals surface area (Å²) in [5.41, 5.74) is 13.0. The molecule has 1 aliphatic rings. The van der Waals surface area contributed by atoms with E-state index in [9.17, 15) is 14.9 Å². The Balaban J connectivity index is 1.75. The minimum Gasteiger partial charge on any atom is -0.425 e. The van der Waals surface area contributed by atoms with Crippen LogP contribution in [0.2, 0.25) is 5.02 Å². The van der Waals surface area contributed by atoms with Gasteiger partial charge in [0.05, 0.1) is 12.1 Å². The summed E-state index contributed by atoms with van der Waals surface area (Å²) in [7, 11) is 1.52. The fourth-order valence-electron chi connectivity index (χ4n) is 4.87. The highest BCUT2D eigenvalue weighted by Gasteiger charge is 2.30. The largest absolute Gasteiger partial charge is 0.425 e. The number of hydrogen-bond donors (Lipinski definition) is 2. The van der Waals surface area contributed by atoms with E-state index in [-0.39, 0.29) is 46.5 Å². The quantitative estimate of drug-likeness (QED) is 0.388. The molecule has 2 aromatic heterocycles. The first kappa shape index (κ1) is 25.3. The molecule has 0 aliphatic carbocycles. The number of carbonyl (C=O) groups excluding carboxylic acids is 1. The van der Waals surface area contributed by atoms with Crippen LogP contribution in [-0.2, 0) is 13.6 Å². The van der Waals surface area contributed by atoms with Gasteiger partial charge in [0.2, 0.25) is 0 Å². The second-order valence-electron chi connectivity index (χ2n) is 9.25. The normalized spacial score (nSPS) is 15.4. The van der Waals surface area contributed by atoms with Crippen molar-refractivity contribution in [2.45, 2.75) is 25.4 Å². The number of anilines is 1. The van der Waals surface area contributed by atoms with Gasteiger partial charge in [-0.2, -0.15) is 10.2 Å². The standard InChI is InChI=1S/C27H26ClN7O3/c1-33-26(37)23-22(32-27(33)38-21-11-5-3-9-18(21)24(31)36)19(13-29)25(34-12-6-8-17(30)15-34)35(23)14-16-7-2-4-10-20(16)28/h2-5,7,9-11,17H,6,8,12,14-15,30H2,1H3,(H2,31,36). The van der Waals surface area contributed by atoms with E-state index >= 15 is 0 Å². The van der Waals surface area contributed by atoms with Crippen LogP contribution in [0.4, 0.5) is 5.82 Å². The molecular weight excluding hydrogens is 506 g/mol. The van der Waals surface area contributed by atoms with Crippen LogP contribution in [-0.4, -0.2) is 39.2 Å². The number of fused-ring (bicyclic) bond motifs is 1. The Hall–Kier alpha value is -4.33. The minimum absolute atomic E-state index is 0.0675. The zero-order valence-corrected chi connectivity index (χ0v) is 21.5. The van der Waals surface area contributed by atoms with Crippen molar-refractivity contribution in [2.24, 2.45) is 18.5 Å². The van der Waals surface area contributed by atoms with Crippen LogP contribution in [0.1, 0.15) is 34.3 Å². The van der Waals surface area contributed by atoms with Crippen molar-refractivity contribution in [3.8, 4) is 17.8 Å². The lowest BCUT2D eigenvalue weighted by Crippen LogP contribution is -2.44. The third-order valence-electron chi connectivity index (χ3n) is 6.72. The van der Waals surface area contributed by atoms with Crippen molar-refractivity contribution in [3.05, 3.63) is 80.6 Å². The van der Waals surface area contributed by atoms with Crippen molar-refractivity contribution in [1.29, 1.82) is 5.26 Å². The molecule has 1 fully saturated rings. The van der Waals surface area contributed by atoms with E-state index in [0.717, 1.165) is 18.4 Å². The van der Waals surface area contributed by atoms with Crippen LogP contribution < -0.4 is 26.7 Å². The van der Waals surface area contributed by atoms with Gasteiger partial charge in [-0.3, -0.25) is 14.2 Å². The molecule has 0 bridgehead atoms. The molecule has 4 N–H and O–H groups in total. The summed E-state index contributed by atoms with van der Waals surface area (Å²) >= 11 is 6.49. The third-order valence-corrected chi connectivity index (χ3v) is 7.09. The summed E-state index contributed by atoms with van der Waals surface area (Å²) in [5, 5.41) is 10.9. The summed E-state index contributed by atoms with van der Waals surface area (Å²) in [5.74, 6) is 0.0361. The van der Waals surface area contributed by atoms with E-state index in [4.69, 9.17) is 27.8 Å². The number of halogens is 1. The second-order valence-corrected chi connectivity index (χ2v) is 9.66. The van der Waals surface area contributed by atoms with Crippen LogP contribution in [0, 0.1) is 11.3 Å². The van der Waals surface area contributed by atoms with E-state index in [2.05, 4.69) is 11.1 Å². The Morgan fingerprint density at radius 2 is 1.97 bits per heavy atom. The average Bonchev–Trinajstić information content (AvgIpc) is 3.21. The topological polar surface area (TPSA) is 145 Å². The molecule has 0 radical (unpaired) electrons. The van der Waals surface area contributed by atoms with E-state index < -0.39 is 11.5 Å². The lowest BCUT2D eigenvalue weighted by Gasteiger charge is -2.33. The average molecular weight is 532 g/mol. The van der Waals surface area contributed by atoms with Crippen molar-refractivity contribution in [1.82, 2.24) is 14.1 Å². The monoisotopic (exact) mass is 531 g/mol. The van der Waals surface area contributed by atoms with Gasteiger partial charge in [-0.05, 0) is 36.6 Å². The Kier molecular flexibility index (Phi) is 6.80. The zero-order valence-electron chi connectivity index (χ0n) is 20.7. The van der Waals surface area contributed by atoms with Crippen LogP contribution in [0.3, 0.4) is 0 Å². The van der Waals surface area contributed by atoms with Gasteiger partial charge in [0.15, 0.2) is 0 Å². The van der Waals surface area contributed by atoms with Gasteiger partial charge >= 0.3 is 6.01 Å². The van der Waals surface area contributed by atoms with Crippen LogP contribution >= 0.6 is 11.6 Å². The number of benzene rings is 2. The predicted octanol–water partition coefficient (Wildman–Crippen LogP) is 3.13. The fraction of sp³-hybridized carbons (Fsp3) is 0.259. The van der Waals surface area contributed by atoms with Crippen LogP contribution in [0.5, 0.6) is 11.8 Å². The Morgan fingerprint density at radius 3 is 2.68 bits per heavy atom. The molecule has 194 valence electrons. The number of rotatable bonds is 6. The first-order valence-corrected chi connectivity index (χ1v) is 12.5. The Labute approximate surface area is 223 Å². The molecule has 3 heterocycles. The molecular formula is C27H26ClN7O3. The maximum Gasteiger partial charge on any atom is 0.305 e. The molecule has 11 heteroatoms. The first-order chi connectivity index (χ1) is 18.3. The number of para-hydroxylation sites is 1. The van der Waals surface area contributed by atoms with E-state index in [1.165, 1.54) is 17.7 Å². The maximum atomic E-state index is 13.8. The second kappa shape index (κ2) is 10.2. The molecule has 10 nitrogen and oxygen atoms in total. The fourth-order valence-corrected chi connectivity index (χ4v) is 5.06. The smallest absolute Gasteiger partial charge is 0.305 e. The number of ether oxygens (including phenoxy) is 1. The first-order valence-electron chi connectivity index (χ1n) is 12.1. The van der Waals surface area contributed by atoms with Gasteiger partial charge in [0.25, 0.3) is 11.5 Å². The Morgan fingerprint density at radius 1 is 1.24 bits per heavy atom. The molecule has 1 saturated heterocycles. The molecule has 1 amide bonds. The minimum atomic E-state index is -0.681. The van der Waals surface area contributed by atoms with Gasteiger partial charge in [-0.25, -0.2) is 0 Å². The number of nitriles is 1. The van der Waals surface area contributed by atoms with Gasteiger partial charge in [-0.15, -0.1) is 0 Å². The van der Waals surface area contributed by atoms with E-state index in [1.54, 1.807) is 28.8 Å². The van der Waals surface area contributed by atoms with Crippen molar-refractivity contribution in [3.63, 3.8) is 0 Å². The van der Waals surface area contributed by atoms with Crippen molar-refractivity contribution < 1.29 is 9.53 Å². The molecule has 0 saturated carbocycles. The van der Waals surface area contributed by atoms with Crippen LogP contribution in [0.15, 0.2) is 53.3 Å². The summed E-state index contributed by atoms with van der Waals surface area (Å²) in [6.45, 7) is 1.46. The van der Waals surface area contributed by atoms with Crippen molar-refractivity contribution in [2.75, 3.05) is 18.0 Å².